The first-order valence-corrected chi connectivity index (χ1v) is 10.8. The molecule has 0 aliphatic rings. The predicted molar refractivity (Wildman–Crippen MR) is 125 cm³/mol. The van der Waals surface area contributed by atoms with Crippen molar-refractivity contribution in [3.05, 3.63) is 77.0 Å². The molecule has 0 aliphatic heterocycles. The van der Waals surface area contributed by atoms with Gasteiger partial charge in [0.15, 0.2) is 6.61 Å². The lowest BCUT2D eigenvalue weighted by molar-refractivity contribution is -0.139. The number of aryl methyl sites for hydroxylation is 2. The lowest BCUT2D eigenvalue weighted by Gasteiger charge is -2.31. The summed E-state index contributed by atoms with van der Waals surface area (Å²) in [4.78, 5) is 17.5. The topological polar surface area (TPSA) is 62.7 Å². The van der Waals surface area contributed by atoms with Gasteiger partial charge in [-0.05, 0) is 67.8 Å². The second kappa shape index (κ2) is 10.2. The smallest absolute Gasteiger partial charge is 0.416 e. The van der Waals surface area contributed by atoms with Gasteiger partial charge in [-0.2, -0.15) is 13.2 Å². The number of carboxylic acids is 1. The van der Waals surface area contributed by atoms with Crippen molar-refractivity contribution in [2.75, 3.05) is 18.6 Å². The molecule has 8 heteroatoms. The first-order valence-electron chi connectivity index (χ1n) is 10.8. The van der Waals surface area contributed by atoms with E-state index in [9.17, 15) is 18.0 Å². The number of pyridine rings is 1. The van der Waals surface area contributed by atoms with Gasteiger partial charge in [0.2, 0.25) is 0 Å². The zero-order valence-electron chi connectivity index (χ0n) is 19.5. The van der Waals surface area contributed by atoms with Crippen molar-refractivity contribution < 1.29 is 27.8 Å². The van der Waals surface area contributed by atoms with Crippen LogP contribution in [0.1, 0.15) is 41.8 Å². The predicted octanol–water partition coefficient (Wildman–Crippen LogP) is 6.44. The number of aliphatic carboxylic acids is 1. The van der Waals surface area contributed by atoms with Crippen LogP contribution in [-0.4, -0.2) is 29.7 Å². The minimum Gasteiger partial charge on any atom is -0.482 e. The fourth-order valence-corrected chi connectivity index (χ4v) is 3.98. The Morgan fingerprint density at radius 2 is 1.85 bits per heavy atom. The van der Waals surface area contributed by atoms with Gasteiger partial charge in [0.05, 0.1) is 17.3 Å². The van der Waals surface area contributed by atoms with Crippen molar-refractivity contribution >= 4 is 11.7 Å². The number of benzene rings is 2. The van der Waals surface area contributed by atoms with Crippen LogP contribution in [0, 0.1) is 13.8 Å². The highest BCUT2D eigenvalue weighted by molar-refractivity contribution is 5.68. The number of halogens is 3. The highest BCUT2D eigenvalue weighted by Crippen LogP contribution is 2.35. The minimum absolute atomic E-state index is 0.0201. The molecule has 0 fully saturated rings. The number of anilines is 1. The summed E-state index contributed by atoms with van der Waals surface area (Å²) in [5, 5.41) is 8.82. The summed E-state index contributed by atoms with van der Waals surface area (Å²) >= 11 is 0. The summed E-state index contributed by atoms with van der Waals surface area (Å²) in [6.07, 6.45) is -3.63. The normalized spacial score (nSPS) is 12.3. The molecule has 0 aliphatic carbocycles. The fourth-order valence-electron chi connectivity index (χ4n) is 3.98. The summed E-state index contributed by atoms with van der Waals surface area (Å²) in [6.45, 7) is 5.36. The van der Waals surface area contributed by atoms with Crippen LogP contribution < -0.4 is 9.64 Å². The SMILES string of the molecule is CCC(c1ccc(-c2cccc(C(F)(F)F)c2)nc1C)N(C)c1ccc(OCC(=O)O)c(C)c1. The van der Waals surface area contributed by atoms with E-state index in [4.69, 9.17) is 9.84 Å². The van der Waals surface area contributed by atoms with E-state index in [1.807, 2.05) is 39.1 Å². The van der Waals surface area contributed by atoms with Crippen molar-refractivity contribution in [2.45, 2.75) is 39.4 Å². The van der Waals surface area contributed by atoms with Crippen LogP contribution in [0.25, 0.3) is 11.3 Å². The number of carboxylic acid groups (broad SMARTS) is 1. The molecule has 34 heavy (non-hydrogen) atoms. The quantitative estimate of drug-likeness (QED) is 0.409. The van der Waals surface area contributed by atoms with Crippen LogP contribution in [0.3, 0.4) is 0 Å². The van der Waals surface area contributed by atoms with E-state index in [1.54, 1.807) is 18.2 Å². The Bertz CT molecular complexity index is 1180. The molecular formula is C26H27F3N2O3. The lowest BCUT2D eigenvalue weighted by atomic mass is 9.99. The minimum atomic E-state index is -4.41. The Labute approximate surface area is 196 Å². The number of alkyl halides is 3. The molecule has 180 valence electrons. The number of carbonyl (C=O) groups is 1. The Morgan fingerprint density at radius 1 is 1.12 bits per heavy atom. The third-order valence-electron chi connectivity index (χ3n) is 5.74. The Balaban J connectivity index is 1.87. The van der Waals surface area contributed by atoms with Gasteiger partial charge in [-0.15, -0.1) is 0 Å². The summed E-state index contributed by atoms with van der Waals surface area (Å²) in [6, 6.07) is 14.4. The third-order valence-corrected chi connectivity index (χ3v) is 5.74. The number of aromatic nitrogens is 1. The van der Waals surface area contributed by atoms with Gasteiger partial charge in [-0.25, -0.2) is 4.79 Å². The molecule has 1 atom stereocenters. The van der Waals surface area contributed by atoms with Crippen LogP contribution in [0.4, 0.5) is 18.9 Å². The van der Waals surface area contributed by atoms with Crippen LogP contribution in [0.5, 0.6) is 5.75 Å². The van der Waals surface area contributed by atoms with Gasteiger partial charge < -0.3 is 14.7 Å². The van der Waals surface area contributed by atoms with Crippen molar-refractivity contribution in [2.24, 2.45) is 0 Å². The van der Waals surface area contributed by atoms with Crippen molar-refractivity contribution in [3.63, 3.8) is 0 Å². The molecule has 0 saturated carbocycles. The molecule has 0 amide bonds. The number of hydrogen-bond donors (Lipinski definition) is 1. The summed E-state index contributed by atoms with van der Waals surface area (Å²) in [7, 11) is 1.96. The van der Waals surface area contributed by atoms with Gasteiger partial charge in [0, 0.05) is 24.0 Å². The molecule has 0 bridgehead atoms. The van der Waals surface area contributed by atoms with Crippen molar-refractivity contribution in [3.8, 4) is 17.0 Å². The van der Waals surface area contributed by atoms with Crippen LogP contribution in [0.15, 0.2) is 54.6 Å². The van der Waals surface area contributed by atoms with Crippen LogP contribution >= 0.6 is 0 Å². The zero-order chi connectivity index (χ0) is 25.0. The maximum Gasteiger partial charge on any atom is 0.416 e. The molecule has 0 radical (unpaired) electrons. The number of rotatable bonds is 8. The molecule has 0 spiro atoms. The molecule has 2 aromatic carbocycles. The van der Waals surface area contributed by atoms with E-state index in [0.29, 0.717) is 17.0 Å². The molecule has 1 unspecified atom stereocenters. The summed E-state index contributed by atoms with van der Waals surface area (Å²) in [5.41, 5.74) is 3.66. The van der Waals surface area contributed by atoms with E-state index < -0.39 is 24.3 Å². The van der Waals surface area contributed by atoms with Gasteiger partial charge in [0.1, 0.15) is 5.75 Å². The highest BCUT2D eigenvalue weighted by atomic mass is 19.4. The number of hydrogen-bond acceptors (Lipinski definition) is 4. The molecule has 1 aromatic heterocycles. The van der Waals surface area contributed by atoms with E-state index >= 15 is 0 Å². The Hall–Kier alpha value is -3.55. The molecule has 3 aromatic rings. The largest absolute Gasteiger partial charge is 0.482 e. The second-order valence-electron chi connectivity index (χ2n) is 8.12. The first kappa shape index (κ1) is 25.1. The summed E-state index contributed by atoms with van der Waals surface area (Å²) < 4.78 is 44.6. The molecule has 1 N–H and O–H groups in total. The standard InChI is InChI=1S/C26H27F3N2O3/c1-5-23(31(4)20-9-12-24(16(2)13-20)34-15-25(32)33)21-10-11-22(30-17(21)3)18-7-6-8-19(14-18)26(27,28)29/h6-14,23H,5,15H2,1-4H3,(H,32,33). The average Bonchev–Trinajstić information content (AvgIpc) is 2.79. The Morgan fingerprint density at radius 3 is 2.44 bits per heavy atom. The molecular weight excluding hydrogens is 445 g/mol. The first-order chi connectivity index (χ1) is 16.0. The molecule has 5 nitrogen and oxygen atoms in total. The highest BCUT2D eigenvalue weighted by Gasteiger charge is 2.30. The maximum atomic E-state index is 13.1. The molecule has 1 heterocycles. The van der Waals surface area contributed by atoms with Crippen molar-refractivity contribution in [1.29, 1.82) is 0 Å². The Kier molecular flexibility index (Phi) is 7.49. The zero-order valence-corrected chi connectivity index (χ0v) is 19.5. The number of nitrogens with zero attached hydrogens (tertiary/aromatic N) is 2. The van der Waals surface area contributed by atoms with Gasteiger partial charge in [-0.1, -0.05) is 25.1 Å². The average molecular weight is 473 g/mol. The van der Waals surface area contributed by atoms with E-state index in [0.717, 1.165) is 41.1 Å². The van der Waals surface area contributed by atoms with Crippen LogP contribution in [-0.2, 0) is 11.0 Å². The second-order valence-corrected chi connectivity index (χ2v) is 8.12. The van der Waals surface area contributed by atoms with Crippen LogP contribution in [0.2, 0.25) is 0 Å². The van der Waals surface area contributed by atoms with Gasteiger partial charge in [-0.3, -0.25) is 4.98 Å². The van der Waals surface area contributed by atoms with E-state index in [1.165, 1.54) is 6.07 Å². The molecule has 0 saturated heterocycles. The number of ether oxygens (including phenoxy) is 1. The van der Waals surface area contributed by atoms with E-state index in [-0.39, 0.29) is 6.04 Å². The van der Waals surface area contributed by atoms with Crippen molar-refractivity contribution in [1.82, 2.24) is 4.98 Å². The third kappa shape index (κ3) is 5.68. The maximum absolute atomic E-state index is 13.1. The van der Waals surface area contributed by atoms with Gasteiger partial charge in [0.25, 0.3) is 0 Å². The lowest BCUT2D eigenvalue weighted by Crippen LogP contribution is -2.24. The summed E-state index contributed by atoms with van der Waals surface area (Å²) in [5.74, 6) is -0.529. The van der Waals surface area contributed by atoms with E-state index in [2.05, 4.69) is 16.8 Å². The fraction of sp³-hybridized carbons (Fsp3) is 0.308. The molecule has 3 rings (SSSR count). The monoisotopic (exact) mass is 472 g/mol. The van der Waals surface area contributed by atoms with Gasteiger partial charge >= 0.3 is 12.1 Å².